The molecule has 0 aliphatic carbocycles. The van der Waals surface area contributed by atoms with Gasteiger partial charge in [0.15, 0.2) is 0 Å². The highest BCUT2D eigenvalue weighted by atomic mass is 16.4. The fraction of sp³-hybridized carbons (Fsp3) is 0.294. The molecule has 0 aliphatic heterocycles. The van der Waals surface area contributed by atoms with Crippen molar-refractivity contribution in [1.82, 2.24) is 9.38 Å². The third-order valence-electron chi connectivity index (χ3n) is 3.88. The van der Waals surface area contributed by atoms with Crippen molar-refractivity contribution in [2.24, 2.45) is 0 Å². The molecule has 114 valence electrons. The van der Waals surface area contributed by atoms with Gasteiger partial charge in [-0.05, 0) is 42.7 Å². The first kappa shape index (κ1) is 14.4. The zero-order valence-electron chi connectivity index (χ0n) is 12.4. The number of fused-ring (bicyclic) bond motifs is 3. The summed E-state index contributed by atoms with van der Waals surface area (Å²) < 4.78 is 1.87. The molecule has 5 heteroatoms. The van der Waals surface area contributed by atoms with Crippen LogP contribution in [0.5, 0.6) is 0 Å². The molecule has 0 spiro atoms. The number of nitrogens with zero attached hydrogens (tertiary/aromatic N) is 1. The molecule has 1 aromatic carbocycles. The first-order chi connectivity index (χ1) is 10.6. The Morgan fingerprint density at radius 2 is 1.95 bits per heavy atom. The molecule has 0 saturated heterocycles. The topological polar surface area (TPSA) is 74.6 Å². The van der Waals surface area contributed by atoms with Crippen LogP contribution >= 0.6 is 0 Å². The van der Waals surface area contributed by atoms with Gasteiger partial charge in [-0.15, -0.1) is 0 Å². The molecule has 0 aliphatic rings. The Morgan fingerprint density at radius 3 is 2.68 bits per heavy atom. The quantitative estimate of drug-likeness (QED) is 0.760. The van der Waals surface area contributed by atoms with E-state index in [2.05, 4.69) is 18.0 Å². The smallest absolute Gasteiger partial charge is 0.303 e. The normalized spacial score (nSPS) is 11.3. The number of aryl methyl sites for hydroxylation is 2. The molecule has 2 heterocycles. The molecule has 22 heavy (non-hydrogen) atoms. The van der Waals surface area contributed by atoms with Gasteiger partial charge in [-0.3, -0.25) is 9.59 Å². The summed E-state index contributed by atoms with van der Waals surface area (Å²) in [5, 5.41) is 8.87. The standard InChI is InChI=1S/C17H18N2O3/c1-2-3-11-4-7-14-13(10-11)18-17(22)15-8-5-12(19(14)15)6-9-16(20)21/h4-5,7-8,10H,2-3,6,9H2,1H3,(H,18,22)(H,20,21). The third kappa shape index (κ3) is 2.50. The summed E-state index contributed by atoms with van der Waals surface area (Å²) in [6.07, 6.45) is 2.46. The molecule has 3 aromatic rings. The van der Waals surface area contributed by atoms with Crippen LogP contribution in [0.15, 0.2) is 35.1 Å². The highest BCUT2D eigenvalue weighted by Gasteiger charge is 2.11. The SMILES string of the molecule is CCCc1ccc2c(c1)[nH]c(=O)c1ccc(CCC(=O)O)n12. The van der Waals surface area contributed by atoms with Gasteiger partial charge in [0, 0.05) is 5.69 Å². The fourth-order valence-corrected chi connectivity index (χ4v) is 2.88. The van der Waals surface area contributed by atoms with Gasteiger partial charge in [-0.2, -0.15) is 0 Å². The highest BCUT2D eigenvalue weighted by Crippen LogP contribution is 2.19. The number of carbonyl (C=O) groups is 1. The second-order valence-corrected chi connectivity index (χ2v) is 5.49. The van der Waals surface area contributed by atoms with Crippen LogP contribution in [0.1, 0.15) is 31.0 Å². The number of aliphatic carboxylic acids is 1. The average molecular weight is 298 g/mol. The lowest BCUT2D eigenvalue weighted by atomic mass is 10.1. The van der Waals surface area contributed by atoms with E-state index >= 15 is 0 Å². The fourth-order valence-electron chi connectivity index (χ4n) is 2.88. The highest BCUT2D eigenvalue weighted by molar-refractivity contribution is 5.79. The number of nitrogens with one attached hydrogen (secondary N) is 1. The number of carboxylic acids is 1. The van der Waals surface area contributed by atoms with E-state index < -0.39 is 5.97 Å². The van der Waals surface area contributed by atoms with E-state index in [0.29, 0.717) is 11.9 Å². The van der Waals surface area contributed by atoms with Crippen molar-refractivity contribution in [3.05, 3.63) is 51.9 Å². The Bertz CT molecular complexity index is 905. The van der Waals surface area contributed by atoms with Crippen molar-refractivity contribution >= 4 is 22.5 Å². The Balaban J connectivity index is 2.21. The summed E-state index contributed by atoms with van der Waals surface area (Å²) in [7, 11) is 0. The van der Waals surface area contributed by atoms with Gasteiger partial charge in [0.05, 0.1) is 17.5 Å². The molecule has 2 N–H and O–H groups in total. The number of hydrogen-bond donors (Lipinski definition) is 2. The van der Waals surface area contributed by atoms with Gasteiger partial charge in [-0.25, -0.2) is 0 Å². The van der Waals surface area contributed by atoms with Crippen LogP contribution in [0.3, 0.4) is 0 Å². The summed E-state index contributed by atoms with van der Waals surface area (Å²) in [6, 6.07) is 9.63. The van der Waals surface area contributed by atoms with Crippen molar-refractivity contribution in [3.63, 3.8) is 0 Å². The maximum absolute atomic E-state index is 12.2. The van der Waals surface area contributed by atoms with Crippen LogP contribution in [0, 0.1) is 0 Å². The van der Waals surface area contributed by atoms with Crippen molar-refractivity contribution in [1.29, 1.82) is 0 Å². The lowest BCUT2D eigenvalue weighted by Crippen LogP contribution is -2.11. The predicted molar refractivity (Wildman–Crippen MR) is 85.5 cm³/mol. The second-order valence-electron chi connectivity index (χ2n) is 5.49. The minimum atomic E-state index is -0.839. The molecule has 0 unspecified atom stereocenters. The molecule has 0 saturated carbocycles. The van der Waals surface area contributed by atoms with Gasteiger partial charge in [0.1, 0.15) is 5.52 Å². The second kappa shape index (κ2) is 5.67. The summed E-state index contributed by atoms with van der Waals surface area (Å²) in [6.45, 7) is 2.12. The Hall–Kier alpha value is -2.56. The van der Waals surface area contributed by atoms with Crippen molar-refractivity contribution in [2.75, 3.05) is 0 Å². The number of hydrogen-bond acceptors (Lipinski definition) is 2. The minimum absolute atomic E-state index is 0.0499. The van der Waals surface area contributed by atoms with Gasteiger partial charge >= 0.3 is 5.97 Å². The van der Waals surface area contributed by atoms with E-state index in [1.165, 1.54) is 5.56 Å². The van der Waals surface area contributed by atoms with E-state index in [1.807, 2.05) is 22.6 Å². The number of aromatic nitrogens is 2. The lowest BCUT2D eigenvalue weighted by Gasteiger charge is -2.08. The first-order valence-electron chi connectivity index (χ1n) is 7.47. The summed E-state index contributed by atoms with van der Waals surface area (Å²) in [4.78, 5) is 25.9. The van der Waals surface area contributed by atoms with E-state index in [-0.39, 0.29) is 12.0 Å². The van der Waals surface area contributed by atoms with Crippen molar-refractivity contribution < 1.29 is 9.90 Å². The van der Waals surface area contributed by atoms with E-state index in [1.54, 1.807) is 6.07 Å². The first-order valence-corrected chi connectivity index (χ1v) is 7.47. The summed E-state index contributed by atoms with van der Waals surface area (Å²) in [5.41, 5.74) is 4.12. The number of rotatable bonds is 5. The van der Waals surface area contributed by atoms with E-state index in [0.717, 1.165) is 29.6 Å². The molecule has 5 nitrogen and oxygen atoms in total. The van der Waals surface area contributed by atoms with Crippen molar-refractivity contribution in [3.8, 4) is 0 Å². The Morgan fingerprint density at radius 1 is 1.18 bits per heavy atom. The maximum Gasteiger partial charge on any atom is 0.303 e. The molecule has 2 aromatic heterocycles. The van der Waals surface area contributed by atoms with Crippen molar-refractivity contribution in [2.45, 2.75) is 32.6 Å². The van der Waals surface area contributed by atoms with Gasteiger partial charge < -0.3 is 14.5 Å². The van der Waals surface area contributed by atoms with Gasteiger partial charge in [-0.1, -0.05) is 19.4 Å². The van der Waals surface area contributed by atoms with Crippen LogP contribution < -0.4 is 5.56 Å². The molecule has 0 bridgehead atoms. The van der Waals surface area contributed by atoms with Crippen LogP contribution in [0.4, 0.5) is 0 Å². The maximum atomic E-state index is 12.2. The molecule has 3 rings (SSSR count). The number of carboxylic acid groups (broad SMARTS) is 1. The third-order valence-corrected chi connectivity index (χ3v) is 3.88. The largest absolute Gasteiger partial charge is 0.481 e. The van der Waals surface area contributed by atoms with Crippen LogP contribution in [-0.4, -0.2) is 20.5 Å². The molecular weight excluding hydrogens is 280 g/mol. The lowest BCUT2D eigenvalue weighted by molar-refractivity contribution is -0.136. The zero-order valence-corrected chi connectivity index (χ0v) is 12.4. The monoisotopic (exact) mass is 298 g/mol. The average Bonchev–Trinajstić information content (AvgIpc) is 2.90. The number of benzene rings is 1. The Labute approximate surface area is 127 Å². The van der Waals surface area contributed by atoms with E-state index in [9.17, 15) is 9.59 Å². The van der Waals surface area contributed by atoms with Crippen LogP contribution in [0.2, 0.25) is 0 Å². The number of H-pyrrole nitrogens is 1. The van der Waals surface area contributed by atoms with Crippen LogP contribution in [-0.2, 0) is 17.6 Å². The summed E-state index contributed by atoms with van der Waals surface area (Å²) in [5.74, 6) is -0.839. The zero-order chi connectivity index (χ0) is 15.7. The summed E-state index contributed by atoms with van der Waals surface area (Å²) >= 11 is 0. The predicted octanol–water partition coefficient (Wildman–Crippen LogP) is 2.75. The minimum Gasteiger partial charge on any atom is -0.481 e. The van der Waals surface area contributed by atoms with E-state index in [4.69, 9.17) is 5.11 Å². The molecule has 0 fully saturated rings. The molecule has 0 atom stereocenters. The molecular formula is C17H18N2O3. The molecule has 0 radical (unpaired) electrons. The van der Waals surface area contributed by atoms with Gasteiger partial charge in [0.2, 0.25) is 0 Å². The van der Waals surface area contributed by atoms with Crippen LogP contribution in [0.25, 0.3) is 16.6 Å². The Kier molecular flexibility index (Phi) is 3.71. The molecule has 0 amide bonds. The number of aromatic amines is 1. The van der Waals surface area contributed by atoms with Gasteiger partial charge in [0.25, 0.3) is 5.56 Å².